The van der Waals surface area contributed by atoms with E-state index in [-0.39, 0.29) is 12.3 Å². The molecule has 8 heteroatoms. The van der Waals surface area contributed by atoms with Gasteiger partial charge in [0.25, 0.3) is 5.91 Å². The van der Waals surface area contributed by atoms with Gasteiger partial charge < -0.3 is 14.6 Å². The molecular weight excluding hydrogens is 325 g/mol. The summed E-state index contributed by atoms with van der Waals surface area (Å²) in [5, 5.41) is 2.91. The van der Waals surface area contributed by atoms with Crippen molar-refractivity contribution in [3.8, 4) is 0 Å². The zero-order valence-electron chi connectivity index (χ0n) is 13.0. The molecule has 1 aliphatic rings. The second kappa shape index (κ2) is 5.25. The van der Waals surface area contributed by atoms with Crippen LogP contribution in [0.2, 0.25) is 0 Å². The maximum atomic E-state index is 12.8. The number of hydrogen-bond donors (Lipinski definition) is 1. The standard InChI is InChI=1S/C16H15F3N2O3/c1-15(5-6-24-14(15)23)20-13(22)12-8-9-7-10(16(17,18)19)3-4-11(9)21(12)2/h3-4,7-8H,5-6H2,1-2H3,(H,20,22). The maximum Gasteiger partial charge on any atom is 0.416 e. The number of aromatic nitrogens is 1. The lowest BCUT2D eigenvalue weighted by Crippen LogP contribution is -2.49. The molecule has 1 saturated heterocycles. The summed E-state index contributed by atoms with van der Waals surface area (Å²) >= 11 is 0. The van der Waals surface area contributed by atoms with Crippen LogP contribution in [0.1, 0.15) is 29.4 Å². The van der Waals surface area contributed by atoms with Gasteiger partial charge in [-0.05, 0) is 31.2 Å². The molecule has 1 N–H and O–H groups in total. The number of cyclic esters (lactones) is 1. The Morgan fingerprint density at radius 3 is 2.62 bits per heavy atom. The lowest BCUT2D eigenvalue weighted by Gasteiger charge is -2.20. The largest absolute Gasteiger partial charge is 0.464 e. The number of nitrogens with zero attached hydrogens (tertiary/aromatic N) is 1. The Bertz CT molecular complexity index is 841. The zero-order chi connectivity index (χ0) is 17.7. The number of nitrogens with one attached hydrogen (secondary N) is 1. The van der Waals surface area contributed by atoms with E-state index in [0.29, 0.717) is 17.3 Å². The molecular formula is C16H15F3N2O3. The number of rotatable bonds is 2. The first kappa shape index (κ1) is 16.4. The summed E-state index contributed by atoms with van der Waals surface area (Å²) in [6.45, 7) is 1.78. The van der Waals surface area contributed by atoms with E-state index in [1.54, 1.807) is 14.0 Å². The highest BCUT2D eigenvalue weighted by Gasteiger charge is 2.41. The van der Waals surface area contributed by atoms with Crippen molar-refractivity contribution in [1.82, 2.24) is 9.88 Å². The Labute approximate surface area is 135 Å². The summed E-state index contributed by atoms with van der Waals surface area (Å²) < 4.78 is 44.8. The Kier molecular flexibility index (Phi) is 3.58. The van der Waals surface area contributed by atoms with Crippen molar-refractivity contribution in [3.63, 3.8) is 0 Å². The van der Waals surface area contributed by atoms with Gasteiger partial charge in [-0.1, -0.05) is 0 Å². The molecule has 24 heavy (non-hydrogen) atoms. The number of alkyl halides is 3. The topological polar surface area (TPSA) is 60.3 Å². The molecule has 1 fully saturated rings. The second-order valence-electron chi connectivity index (χ2n) is 6.03. The average molecular weight is 340 g/mol. The molecule has 0 saturated carbocycles. The quantitative estimate of drug-likeness (QED) is 0.855. The maximum absolute atomic E-state index is 12.8. The van der Waals surface area contributed by atoms with E-state index in [0.717, 1.165) is 12.1 Å². The summed E-state index contributed by atoms with van der Waals surface area (Å²) in [5.41, 5.74) is -1.23. The SMILES string of the molecule is Cn1c(C(=O)NC2(C)CCOC2=O)cc2cc(C(F)(F)F)ccc21. The highest BCUT2D eigenvalue weighted by molar-refractivity contribution is 6.01. The molecule has 2 heterocycles. The Morgan fingerprint density at radius 1 is 1.33 bits per heavy atom. The molecule has 0 spiro atoms. The number of esters is 1. The zero-order valence-corrected chi connectivity index (χ0v) is 13.0. The molecule has 0 bridgehead atoms. The van der Waals surface area contributed by atoms with Crippen LogP contribution in [-0.2, 0) is 22.8 Å². The van der Waals surface area contributed by atoms with E-state index < -0.39 is 29.2 Å². The second-order valence-corrected chi connectivity index (χ2v) is 6.03. The van der Waals surface area contributed by atoms with Gasteiger partial charge in [-0.3, -0.25) is 4.79 Å². The van der Waals surface area contributed by atoms with Crippen molar-refractivity contribution >= 4 is 22.8 Å². The van der Waals surface area contributed by atoms with Crippen molar-refractivity contribution in [3.05, 3.63) is 35.5 Å². The molecule has 1 aromatic carbocycles. The monoisotopic (exact) mass is 340 g/mol. The van der Waals surface area contributed by atoms with Crippen molar-refractivity contribution < 1.29 is 27.5 Å². The number of halogens is 3. The number of carbonyl (C=O) groups is 2. The molecule has 1 aromatic heterocycles. The highest BCUT2D eigenvalue weighted by atomic mass is 19.4. The van der Waals surface area contributed by atoms with E-state index in [1.165, 1.54) is 16.7 Å². The van der Waals surface area contributed by atoms with Gasteiger partial charge in [0.15, 0.2) is 0 Å². The Morgan fingerprint density at radius 2 is 2.04 bits per heavy atom. The summed E-state index contributed by atoms with van der Waals surface area (Å²) in [5.74, 6) is -1.06. The molecule has 1 amide bonds. The van der Waals surface area contributed by atoms with Gasteiger partial charge in [-0.15, -0.1) is 0 Å². The van der Waals surface area contributed by atoms with Crippen LogP contribution >= 0.6 is 0 Å². The Balaban J connectivity index is 1.96. The normalized spacial score (nSPS) is 21.1. The van der Waals surface area contributed by atoms with Crippen LogP contribution in [0, 0.1) is 0 Å². The fourth-order valence-corrected chi connectivity index (χ4v) is 2.78. The van der Waals surface area contributed by atoms with Gasteiger partial charge in [-0.2, -0.15) is 13.2 Å². The van der Waals surface area contributed by atoms with Gasteiger partial charge >= 0.3 is 12.1 Å². The van der Waals surface area contributed by atoms with E-state index in [4.69, 9.17) is 4.74 Å². The first-order valence-corrected chi connectivity index (χ1v) is 7.28. The predicted molar refractivity (Wildman–Crippen MR) is 79.4 cm³/mol. The first-order chi connectivity index (χ1) is 11.1. The third-order valence-corrected chi connectivity index (χ3v) is 4.28. The fourth-order valence-electron chi connectivity index (χ4n) is 2.78. The van der Waals surface area contributed by atoms with Crippen LogP contribution in [0.4, 0.5) is 13.2 Å². The molecule has 2 aromatic rings. The third-order valence-electron chi connectivity index (χ3n) is 4.28. The minimum atomic E-state index is -4.45. The number of amides is 1. The van der Waals surface area contributed by atoms with Gasteiger partial charge in [0.1, 0.15) is 11.2 Å². The van der Waals surface area contributed by atoms with Crippen LogP contribution in [-0.4, -0.2) is 28.6 Å². The molecule has 0 radical (unpaired) electrons. The minimum Gasteiger partial charge on any atom is -0.464 e. The number of benzene rings is 1. The van der Waals surface area contributed by atoms with Gasteiger partial charge in [0, 0.05) is 24.4 Å². The fraction of sp³-hybridized carbons (Fsp3) is 0.375. The average Bonchev–Trinajstić information content (AvgIpc) is 2.99. The Hall–Kier alpha value is -2.51. The third kappa shape index (κ3) is 2.61. The number of ether oxygens (including phenoxy) is 1. The number of carbonyl (C=O) groups excluding carboxylic acids is 2. The minimum absolute atomic E-state index is 0.172. The van der Waals surface area contributed by atoms with Crippen LogP contribution in [0.15, 0.2) is 24.3 Å². The lowest BCUT2D eigenvalue weighted by molar-refractivity contribution is -0.142. The highest BCUT2D eigenvalue weighted by Crippen LogP contribution is 2.32. The van der Waals surface area contributed by atoms with Crippen LogP contribution in [0.25, 0.3) is 10.9 Å². The summed E-state index contributed by atoms with van der Waals surface area (Å²) in [6.07, 6.45) is -4.10. The van der Waals surface area contributed by atoms with Crippen molar-refractivity contribution in [2.24, 2.45) is 7.05 Å². The molecule has 128 valence electrons. The van der Waals surface area contributed by atoms with E-state index in [9.17, 15) is 22.8 Å². The number of fused-ring (bicyclic) bond motifs is 1. The van der Waals surface area contributed by atoms with E-state index in [1.807, 2.05) is 0 Å². The summed E-state index contributed by atoms with van der Waals surface area (Å²) in [7, 11) is 1.58. The summed E-state index contributed by atoms with van der Waals surface area (Å²) in [6, 6.07) is 4.67. The smallest absolute Gasteiger partial charge is 0.416 e. The van der Waals surface area contributed by atoms with E-state index in [2.05, 4.69) is 5.32 Å². The summed E-state index contributed by atoms with van der Waals surface area (Å²) in [4.78, 5) is 24.2. The van der Waals surface area contributed by atoms with Crippen molar-refractivity contribution in [1.29, 1.82) is 0 Å². The predicted octanol–water partition coefficient (Wildman–Crippen LogP) is 2.63. The first-order valence-electron chi connectivity index (χ1n) is 7.28. The van der Waals surface area contributed by atoms with Crippen molar-refractivity contribution in [2.45, 2.75) is 25.1 Å². The molecule has 5 nitrogen and oxygen atoms in total. The molecule has 1 aliphatic heterocycles. The van der Waals surface area contributed by atoms with Gasteiger partial charge in [-0.25, -0.2) is 4.79 Å². The van der Waals surface area contributed by atoms with Gasteiger partial charge in [0.05, 0.1) is 12.2 Å². The molecule has 3 rings (SSSR count). The number of hydrogen-bond acceptors (Lipinski definition) is 3. The van der Waals surface area contributed by atoms with Crippen LogP contribution in [0.5, 0.6) is 0 Å². The van der Waals surface area contributed by atoms with Gasteiger partial charge in [0.2, 0.25) is 0 Å². The van der Waals surface area contributed by atoms with Crippen LogP contribution < -0.4 is 5.32 Å². The number of aryl methyl sites for hydroxylation is 1. The van der Waals surface area contributed by atoms with Crippen molar-refractivity contribution in [2.75, 3.05) is 6.61 Å². The molecule has 1 unspecified atom stereocenters. The lowest BCUT2D eigenvalue weighted by atomic mass is 10.0. The molecule has 1 atom stereocenters. The van der Waals surface area contributed by atoms with Crippen LogP contribution in [0.3, 0.4) is 0 Å². The van der Waals surface area contributed by atoms with E-state index >= 15 is 0 Å². The molecule has 0 aliphatic carbocycles.